The van der Waals surface area contributed by atoms with Crippen molar-refractivity contribution in [2.45, 2.75) is 31.8 Å². The van der Waals surface area contributed by atoms with E-state index >= 15 is 0 Å². The van der Waals surface area contributed by atoms with Gasteiger partial charge in [0, 0.05) is 12.5 Å². The van der Waals surface area contributed by atoms with Crippen LogP contribution in [-0.2, 0) is 13.0 Å². The topological polar surface area (TPSA) is 52.0 Å². The number of fused-ring (bicyclic) bond motifs is 2. The summed E-state index contributed by atoms with van der Waals surface area (Å²) in [6.07, 6.45) is 4.78. The third-order valence-corrected chi connectivity index (χ3v) is 4.55. The van der Waals surface area contributed by atoms with Gasteiger partial charge in [-0.15, -0.1) is 0 Å². The van der Waals surface area contributed by atoms with Crippen molar-refractivity contribution in [2.75, 3.05) is 13.2 Å². The van der Waals surface area contributed by atoms with Gasteiger partial charge in [0.1, 0.15) is 17.9 Å². The molecule has 0 amide bonds. The Balaban J connectivity index is 1.20. The second-order valence-electron chi connectivity index (χ2n) is 6.26. The second kappa shape index (κ2) is 7.01. The van der Waals surface area contributed by atoms with E-state index in [1.165, 1.54) is 10.8 Å². The van der Waals surface area contributed by atoms with Gasteiger partial charge in [-0.25, -0.2) is 9.67 Å². The van der Waals surface area contributed by atoms with E-state index in [4.69, 9.17) is 4.74 Å². The van der Waals surface area contributed by atoms with Crippen molar-refractivity contribution < 1.29 is 4.74 Å². The summed E-state index contributed by atoms with van der Waals surface area (Å²) in [5, 5.41) is 10.3. The van der Waals surface area contributed by atoms with E-state index in [0.717, 1.165) is 50.5 Å². The summed E-state index contributed by atoms with van der Waals surface area (Å²) in [5.41, 5.74) is 0. The molecule has 1 aliphatic heterocycles. The van der Waals surface area contributed by atoms with Crippen LogP contribution < -0.4 is 10.1 Å². The molecule has 1 N–H and O–H groups in total. The molecule has 2 heterocycles. The highest BCUT2D eigenvalue weighted by Gasteiger charge is 2.18. The van der Waals surface area contributed by atoms with Crippen LogP contribution in [0.25, 0.3) is 10.8 Å². The third-order valence-electron chi connectivity index (χ3n) is 4.55. The van der Waals surface area contributed by atoms with Gasteiger partial charge in [0.25, 0.3) is 0 Å². The van der Waals surface area contributed by atoms with Gasteiger partial charge in [-0.3, -0.25) is 0 Å². The quantitative estimate of drug-likeness (QED) is 0.709. The predicted octanol–water partition coefficient (Wildman–Crippen LogP) is 2.80. The molecule has 1 aliphatic rings. The van der Waals surface area contributed by atoms with Crippen LogP contribution in [0.5, 0.6) is 5.75 Å². The van der Waals surface area contributed by atoms with Crippen LogP contribution in [0.1, 0.15) is 18.7 Å². The molecule has 124 valence electrons. The van der Waals surface area contributed by atoms with Crippen molar-refractivity contribution >= 4 is 10.8 Å². The van der Waals surface area contributed by atoms with Gasteiger partial charge in [-0.1, -0.05) is 30.3 Å². The molecule has 0 bridgehead atoms. The van der Waals surface area contributed by atoms with E-state index in [0.29, 0.717) is 6.04 Å². The van der Waals surface area contributed by atoms with Crippen LogP contribution in [0, 0.1) is 0 Å². The van der Waals surface area contributed by atoms with Crippen molar-refractivity contribution in [3.8, 4) is 5.75 Å². The summed E-state index contributed by atoms with van der Waals surface area (Å²) in [7, 11) is 0. The van der Waals surface area contributed by atoms with E-state index in [-0.39, 0.29) is 0 Å². The lowest BCUT2D eigenvalue weighted by Gasteiger charge is -2.23. The number of aromatic nitrogens is 3. The molecule has 0 aliphatic carbocycles. The fourth-order valence-electron chi connectivity index (χ4n) is 3.23. The SMILES string of the molecule is c1ccc2cc(OCCCNC3CCc4ncnn4C3)ccc2c1. The lowest BCUT2D eigenvalue weighted by molar-refractivity contribution is 0.295. The predicted molar refractivity (Wildman–Crippen MR) is 94.2 cm³/mol. The van der Waals surface area contributed by atoms with E-state index in [2.05, 4.69) is 51.8 Å². The van der Waals surface area contributed by atoms with Gasteiger partial charge in [-0.05, 0) is 42.3 Å². The number of benzene rings is 2. The van der Waals surface area contributed by atoms with E-state index in [9.17, 15) is 0 Å². The summed E-state index contributed by atoms with van der Waals surface area (Å²) in [6.45, 7) is 2.61. The van der Waals surface area contributed by atoms with E-state index in [1.807, 2.05) is 10.7 Å². The minimum atomic E-state index is 0.486. The zero-order valence-electron chi connectivity index (χ0n) is 13.7. The average molecular weight is 322 g/mol. The monoisotopic (exact) mass is 322 g/mol. The Kier molecular flexibility index (Phi) is 4.42. The maximum atomic E-state index is 5.88. The van der Waals surface area contributed by atoms with Gasteiger partial charge in [-0.2, -0.15) is 5.10 Å². The van der Waals surface area contributed by atoms with Gasteiger partial charge >= 0.3 is 0 Å². The number of ether oxygens (including phenoxy) is 1. The summed E-state index contributed by atoms with van der Waals surface area (Å²) in [5.74, 6) is 2.05. The molecule has 1 atom stereocenters. The molecule has 1 aromatic heterocycles. The molecule has 5 nitrogen and oxygen atoms in total. The largest absolute Gasteiger partial charge is 0.494 e. The van der Waals surface area contributed by atoms with Crippen molar-refractivity contribution in [1.82, 2.24) is 20.1 Å². The number of nitrogens with one attached hydrogen (secondary N) is 1. The Hall–Kier alpha value is -2.40. The van der Waals surface area contributed by atoms with Gasteiger partial charge < -0.3 is 10.1 Å². The summed E-state index contributed by atoms with van der Waals surface area (Å²) >= 11 is 0. The molecular weight excluding hydrogens is 300 g/mol. The molecule has 0 radical (unpaired) electrons. The standard InChI is InChI=1S/C19H22N4O/c1-2-5-16-12-18(8-6-15(16)4-1)24-11-3-10-20-17-7-9-19-21-14-22-23(19)13-17/h1-2,4-6,8,12,14,17,20H,3,7,9-11,13H2. The lowest BCUT2D eigenvalue weighted by Crippen LogP contribution is -2.38. The molecule has 1 unspecified atom stereocenters. The summed E-state index contributed by atoms with van der Waals surface area (Å²) in [4.78, 5) is 4.26. The first-order valence-electron chi connectivity index (χ1n) is 8.60. The molecule has 5 heteroatoms. The first kappa shape index (κ1) is 15.1. The van der Waals surface area contributed by atoms with Crippen molar-refractivity contribution in [1.29, 1.82) is 0 Å². The Morgan fingerprint density at radius 3 is 3.04 bits per heavy atom. The minimum Gasteiger partial charge on any atom is -0.494 e. The Morgan fingerprint density at radius 1 is 1.17 bits per heavy atom. The molecule has 2 aromatic carbocycles. The Labute approximate surface area is 141 Å². The molecule has 4 rings (SSSR count). The summed E-state index contributed by atoms with van der Waals surface area (Å²) in [6, 6.07) is 15.1. The molecular formula is C19H22N4O. The highest BCUT2D eigenvalue weighted by atomic mass is 16.5. The number of nitrogens with zero attached hydrogens (tertiary/aromatic N) is 3. The molecule has 0 spiro atoms. The van der Waals surface area contributed by atoms with Crippen LogP contribution in [0.3, 0.4) is 0 Å². The smallest absolute Gasteiger partial charge is 0.138 e. The fraction of sp³-hybridized carbons (Fsp3) is 0.368. The van der Waals surface area contributed by atoms with Gasteiger partial charge in [0.15, 0.2) is 0 Å². The highest BCUT2D eigenvalue weighted by molar-refractivity contribution is 5.83. The van der Waals surface area contributed by atoms with Gasteiger partial charge in [0.05, 0.1) is 13.2 Å². The van der Waals surface area contributed by atoms with Crippen molar-refractivity contribution in [2.24, 2.45) is 0 Å². The van der Waals surface area contributed by atoms with Gasteiger partial charge in [0.2, 0.25) is 0 Å². The zero-order chi connectivity index (χ0) is 16.2. The Bertz CT molecular complexity index is 814. The van der Waals surface area contributed by atoms with Crippen molar-refractivity contribution in [3.63, 3.8) is 0 Å². The van der Waals surface area contributed by atoms with Crippen LogP contribution in [0.15, 0.2) is 48.8 Å². The normalized spacial score (nSPS) is 16.9. The molecule has 3 aromatic rings. The van der Waals surface area contributed by atoms with E-state index in [1.54, 1.807) is 6.33 Å². The minimum absolute atomic E-state index is 0.486. The maximum Gasteiger partial charge on any atom is 0.138 e. The lowest BCUT2D eigenvalue weighted by atomic mass is 10.1. The third kappa shape index (κ3) is 3.41. The number of hydrogen-bond donors (Lipinski definition) is 1. The van der Waals surface area contributed by atoms with Crippen LogP contribution in [-0.4, -0.2) is 34.0 Å². The second-order valence-corrected chi connectivity index (χ2v) is 6.26. The van der Waals surface area contributed by atoms with E-state index < -0.39 is 0 Å². The molecule has 0 fully saturated rings. The highest BCUT2D eigenvalue weighted by Crippen LogP contribution is 2.20. The maximum absolute atomic E-state index is 5.88. The number of hydrogen-bond acceptors (Lipinski definition) is 4. The van der Waals surface area contributed by atoms with Crippen LogP contribution >= 0.6 is 0 Å². The first-order chi connectivity index (χ1) is 11.9. The zero-order valence-corrected chi connectivity index (χ0v) is 13.7. The number of rotatable bonds is 6. The fourth-order valence-corrected chi connectivity index (χ4v) is 3.23. The molecule has 0 saturated heterocycles. The van der Waals surface area contributed by atoms with Crippen LogP contribution in [0.4, 0.5) is 0 Å². The first-order valence-corrected chi connectivity index (χ1v) is 8.60. The van der Waals surface area contributed by atoms with Crippen LogP contribution in [0.2, 0.25) is 0 Å². The summed E-state index contributed by atoms with van der Waals surface area (Å²) < 4.78 is 7.89. The molecule has 24 heavy (non-hydrogen) atoms. The molecule has 0 saturated carbocycles. The van der Waals surface area contributed by atoms with Crippen molar-refractivity contribution in [3.05, 3.63) is 54.6 Å². The number of aryl methyl sites for hydroxylation is 1. The average Bonchev–Trinajstić information content (AvgIpc) is 3.09. The Morgan fingerprint density at radius 2 is 2.08 bits per heavy atom.